The van der Waals surface area contributed by atoms with Crippen LogP contribution in [0.25, 0.3) is 0 Å². The van der Waals surface area contributed by atoms with E-state index in [1.807, 2.05) is 0 Å². The van der Waals surface area contributed by atoms with Crippen LogP contribution in [0.5, 0.6) is 0 Å². The number of benzene rings is 1. The van der Waals surface area contributed by atoms with E-state index in [4.69, 9.17) is 11.6 Å². The van der Waals surface area contributed by atoms with Crippen LogP contribution in [0.3, 0.4) is 0 Å². The Bertz CT molecular complexity index is 848. The van der Waals surface area contributed by atoms with Crippen LogP contribution in [0.4, 0.5) is 16.0 Å². The zero-order valence-corrected chi connectivity index (χ0v) is 17.0. The highest BCUT2D eigenvalue weighted by Gasteiger charge is 2.28. The summed E-state index contributed by atoms with van der Waals surface area (Å²) in [5.74, 6) is 0.147. The number of carbonyl (C=O) groups is 2. The molecular formula is C19H22ClN5O2S. The van der Waals surface area contributed by atoms with E-state index < -0.39 is 0 Å². The van der Waals surface area contributed by atoms with Crippen LogP contribution in [-0.4, -0.2) is 41.6 Å². The van der Waals surface area contributed by atoms with Crippen LogP contribution in [0.2, 0.25) is 5.02 Å². The van der Waals surface area contributed by atoms with E-state index in [0.29, 0.717) is 16.6 Å². The maximum Gasteiger partial charge on any atom is 0.228 e. The van der Waals surface area contributed by atoms with E-state index in [1.54, 1.807) is 29.2 Å². The largest absolute Gasteiger partial charge is 0.347 e. The third-order valence-corrected chi connectivity index (χ3v) is 6.47. The lowest BCUT2D eigenvalue weighted by Crippen LogP contribution is -2.38. The minimum Gasteiger partial charge on any atom is -0.347 e. The second kappa shape index (κ2) is 8.45. The van der Waals surface area contributed by atoms with Crippen molar-refractivity contribution in [3.8, 4) is 0 Å². The molecule has 0 bridgehead atoms. The maximum atomic E-state index is 12.5. The lowest BCUT2D eigenvalue weighted by Gasteiger charge is -2.30. The highest BCUT2D eigenvalue weighted by molar-refractivity contribution is 7.19. The van der Waals surface area contributed by atoms with Gasteiger partial charge in [0.05, 0.1) is 0 Å². The third kappa shape index (κ3) is 4.28. The van der Waals surface area contributed by atoms with Gasteiger partial charge in [-0.1, -0.05) is 22.9 Å². The van der Waals surface area contributed by atoms with Gasteiger partial charge >= 0.3 is 0 Å². The fraction of sp³-hybridized carbons (Fsp3) is 0.474. The van der Waals surface area contributed by atoms with Crippen LogP contribution < -0.4 is 15.1 Å². The molecule has 2 fully saturated rings. The summed E-state index contributed by atoms with van der Waals surface area (Å²) in [6, 6.07) is 7.14. The minimum absolute atomic E-state index is 0.0250. The molecule has 1 N–H and O–H groups in total. The Morgan fingerprint density at radius 2 is 1.79 bits per heavy atom. The smallest absolute Gasteiger partial charge is 0.228 e. The molecule has 7 nitrogen and oxygen atoms in total. The number of halogens is 1. The first-order valence-electron chi connectivity index (χ1n) is 9.55. The predicted molar refractivity (Wildman–Crippen MR) is 111 cm³/mol. The van der Waals surface area contributed by atoms with E-state index in [0.717, 1.165) is 56.1 Å². The molecule has 2 aliphatic rings. The highest BCUT2D eigenvalue weighted by Crippen LogP contribution is 2.32. The van der Waals surface area contributed by atoms with Gasteiger partial charge < -0.3 is 10.2 Å². The number of hydrogen-bond acceptors (Lipinski definition) is 6. The highest BCUT2D eigenvalue weighted by atomic mass is 35.5. The first kappa shape index (κ1) is 19.1. The van der Waals surface area contributed by atoms with Crippen molar-refractivity contribution >= 4 is 50.7 Å². The molecular weight excluding hydrogens is 398 g/mol. The Morgan fingerprint density at radius 1 is 1.07 bits per heavy atom. The molecule has 2 amide bonds. The molecule has 9 heteroatoms. The normalized spacial score (nSPS) is 18.4. The maximum absolute atomic E-state index is 12.5. The second-order valence-corrected chi connectivity index (χ2v) is 8.50. The molecule has 0 radical (unpaired) electrons. The first-order valence-corrected chi connectivity index (χ1v) is 10.7. The van der Waals surface area contributed by atoms with Crippen molar-refractivity contribution < 1.29 is 9.59 Å². The molecule has 3 heterocycles. The lowest BCUT2D eigenvalue weighted by molar-refractivity contribution is -0.120. The second-order valence-electron chi connectivity index (χ2n) is 7.13. The average Bonchev–Trinajstić information content (AvgIpc) is 3.20. The van der Waals surface area contributed by atoms with Gasteiger partial charge in [-0.25, -0.2) is 0 Å². The van der Waals surface area contributed by atoms with Gasteiger partial charge in [0.15, 0.2) is 0 Å². The van der Waals surface area contributed by atoms with Crippen molar-refractivity contribution in [3.63, 3.8) is 0 Å². The predicted octanol–water partition coefficient (Wildman–Crippen LogP) is 3.56. The zero-order valence-electron chi connectivity index (χ0n) is 15.4. The zero-order chi connectivity index (χ0) is 19.5. The van der Waals surface area contributed by atoms with Gasteiger partial charge in [-0.2, -0.15) is 0 Å². The van der Waals surface area contributed by atoms with Crippen molar-refractivity contribution in [3.05, 3.63) is 29.3 Å². The van der Waals surface area contributed by atoms with Crippen molar-refractivity contribution in [2.75, 3.05) is 34.8 Å². The van der Waals surface area contributed by atoms with Crippen molar-refractivity contribution in [2.24, 2.45) is 5.92 Å². The Kier molecular flexibility index (Phi) is 5.77. The average molecular weight is 420 g/mol. The van der Waals surface area contributed by atoms with Gasteiger partial charge in [0, 0.05) is 42.7 Å². The van der Waals surface area contributed by atoms with Gasteiger partial charge in [0.25, 0.3) is 0 Å². The van der Waals surface area contributed by atoms with Gasteiger partial charge in [0.2, 0.25) is 22.1 Å². The SMILES string of the molecule is O=C(Nc1ccc(Cl)cc1)C1CCN(c2nnc(N3CCCCC3=O)s2)CC1. The topological polar surface area (TPSA) is 78.4 Å². The van der Waals surface area contributed by atoms with Crippen LogP contribution in [0, 0.1) is 5.92 Å². The van der Waals surface area contributed by atoms with E-state index in [-0.39, 0.29) is 17.7 Å². The number of nitrogens with zero attached hydrogens (tertiary/aromatic N) is 4. The molecule has 0 atom stereocenters. The van der Waals surface area contributed by atoms with Crippen LogP contribution >= 0.6 is 22.9 Å². The summed E-state index contributed by atoms with van der Waals surface area (Å²) in [6.45, 7) is 2.23. The number of rotatable bonds is 4. The van der Waals surface area contributed by atoms with Crippen molar-refractivity contribution in [1.82, 2.24) is 10.2 Å². The standard InChI is InChI=1S/C19H22ClN5O2S/c20-14-4-6-15(7-5-14)21-17(27)13-8-11-24(12-9-13)18-22-23-19(28-18)25-10-2-1-3-16(25)26/h4-7,13H,1-3,8-12H2,(H,21,27). The third-order valence-electron chi connectivity index (χ3n) is 5.21. The number of amides is 2. The summed E-state index contributed by atoms with van der Waals surface area (Å²) in [6.07, 6.45) is 4.07. The van der Waals surface area contributed by atoms with Crippen molar-refractivity contribution in [1.29, 1.82) is 0 Å². The first-order chi connectivity index (χ1) is 13.6. The fourth-order valence-electron chi connectivity index (χ4n) is 3.56. The number of anilines is 3. The van der Waals surface area contributed by atoms with E-state index in [2.05, 4.69) is 20.4 Å². The molecule has 2 saturated heterocycles. The lowest BCUT2D eigenvalue weighted by atomic mass is 9.96. The minimum atomic E-state index is -0.0250. The quantitative estimate of drug-likeness (QED) is 0.819. The summed E-state index contributed by atoms with van der Waals surface area (Å²) in [5.41, 5.74) is 0.761. The van der Waals surface area contributed by atoms with Gasteiger partial charge in [-0.15, -0.1) is 10.2 Å². The van der Waals surface area contributed by atoms with Gasteiger partial charge in [-0.05, 0) is 49.9 Å². The summed E-state index contributed by atoms with van der Waals surface area (Å²) < 4.78 is 0. The number of nitrogens with one attached hydrogen (secondary N) is 1. The Balaban J connectivity index is 1.32. The Labute approximate surface area is 172 Å². The number of hydrogen-bond donors (Lipinski definition) is 1. The van der Waals surface area contributed by atoms with Crippen LogP contribution in [0.15, 0.2) is 24.3 Å². The summed E-state index contributed by atoms with van der Waals surface area (Å²) in [4.78, 5) is 28.5. The van der Waals surface area contributed by atoms with E-state index in [9.17, 15) is 9.59 Å². The van der Waals surface area contributed by atoms with Gasteiger partial charge in [0.1, 0.15) is 0 Å². The Morgan fingerprint density at radius 3 is 2.50 bits per heavy atom. The molecule has 2 aromatic rings. The summed E-state index contributed by atoms with van der Waals surface area (Å²) in [7, 11) is 0. The molecule has 4 rings (SSSR count). The molecule has 1 aromatic carbocycles. The molecule has 0 aliphatic carbocycles. The van der Waals surface area contributed by atoms with Gasteiger partial charge in [-0.3, -0.25) is 14.5 Å². The number of piperidine rings is 2. The summed E-state index contributed by atoms with van der Waals surface area (Å²) >= 11 is 7.34. The molecule has 0 unspecified atom stereocenters. The van der Waals surface area contributed by atoms with Crippen LogP contribution in [-0.2, 0) is 9.59 Å². The van der Waals surface area contributed by atoms with E-state index in [1.165, 1.54) is 11.3 Å². The van der Waals surface area contributed by atoms with Crippen LogP contribution in [0.1, 0.15) is 32.1 Å². The fourth-order valence-corrected chi connectivity index (χ4v) is 4.63. The molecule has 0 saturated carbocycles. The Hall–Kier alpha value is -2.19. The molecule has 148 valence electrons. The number of aromatic nitrogens is 2. The molecule has 2 aliphatic heterocycles. The monoisotopic (exact) mass is 419 g/mol. The number of carbonyl (C=O) groups excluding carboxylic acids is 2. The van der Waals surface area contributed by atoms with E-state index >= 15 is 0 Å². The van der Waals surface area contributed by atoms with Crippen molar-refractivity contribution in [2.45, 2.75) is 32.1 Å². The molecule has 0 spiro atoms. The summed E-state index contributed by atoms with van der Waals surface area (Å²) in [5, 5.41) is 13.6. The molecule has 1 aromatic heterocycles. The molecule has 28 heavy (non-hydrogen) atoms.